The maximum Gasteiger partial charge on any atom is 0.326 e. The van der Waals surface area contributed by atoms with Crippen LogP contribution in [0.5, 0.6) is 5.75 Å². The Morgan fingerprint density at radius 2 is 1.89 bits per heavy atom. The van der Waals surface area contributed by atoms with E-state index >= 15 is 0 Å². The van der Waals surface area contributed by atoms with Crippen LogP contribution >= 0.6 is 11.6 Å². The third kappa shape index (κ3) is 3.44. The topological polar surface area (TPSA) is 82.1 Å². The first kappa shape index (κ1) is 18.0. The lowest BCUT2D eigenvalue weighted by molar-refractivity contribution is -0.153. The smallest absolute Gasteiger partial charge is 0.326 e. The van der Waals surface area contributed by atoms with E-state index in [1.807, 2.05) is 12.2 Å². The number of likely N-dealkylation sites (tertiary alicyclic amines) is 1. The Kier molecular flexibility index (Phi) is 4.88. The summed E-state index contributed by atoms with van der Waals surface area (Å²) in [6.45, 7) is 0.0390. The molecular weight excluding hydrogens is 374 g/mol. The molecule has 2 amide bonds. The van der Waals surface area contributed by atoms with Crippen LogP contribution in [0.2, 0.25) is 5.02 Å². The molecule has 7 nitrogen and oxygen atoms in total. The number of rotatable bonds is 4. The van der Waals surface area contributed by atoms with Crippen LogP contribution in [-0.4, -0.2) is 36.0 Å². The first-order chi connectivity index (χ1) is 13.0. The monoisotopic (exact) mass is 391 g/mol. The van der Waals surface area contributed by atoms with Crippen LogP contribution in [0, 0.1) is 11.8 Å². The number of halogens is 1. The van der Waals surface area contributed by atoms with Gasteiger partial charge in [0.15, 0.2) is 6.79 Å². The van der Waals surface area contributed by atoms with Crippen molar-refractivity contribution >= 4 is 29.4 Å². The van der Waals surface area contributed by atoms with Gasteiger partial charge in [-0.15, -0.1) is 0 Å². The van der Waals surface area contributed by atoms with Gasteiger partial charge in [0.2, 0.25) is 11.8 Å². The highest BCUT2D eigenvalue weighted by Crippen LogP contribution is 2.35. The molecule has 1 fully saturated rings. The predicted molar refractivity (Wildman–Crippen MR) is 93.6 cm³/mol. The maximum atomic E-state index is 12.4. The number of amides is 2. The lowest BCUT2D eigenvalue weighted by Crippen LogP contribution is -2.36. The molecule has 1 aromatic carbocycles. The molecule has 0 radical (unpaired) electrons. The van der Waals surface area contributed by atoms with Gasteiger partial charge >= 0.3 is 5.97 Å². The summed E-state index contributed by atoms with van der Waals surface area (Å²) >= 11 is 6.09. The van der Waals surface area contributed by atoms with Crippen LogP contribution in [0.3, 0.4) is 0 Å². The molecule has 4 rings (SSSR count). The zero-order valence-electron chi connectivity index (χ0n) is 14.5. The number of hydrogen-bond donors (Lipinski definition) is 0. The normalized spacial score (nSPS) is 23.7. The van der Waals surface area contributed by atoms with E-state index < -0.39 is 5.97 Å². The number of nitrogens with zero attached hydrogens (tertiary/aromatic N) is 1. The number of carbonyl (C=O) groups is 3. The Morgan fingerprint density at radius 1 is 1.19 bits per heavy atom. The molecule has 0 saturated carbocycles. The summed E-state index contributed by atoms with van der Waals surface area (Å²) in [5.41, 5.74) is 1.40. The van der Waals surface area contributed by atoms with Gasteiger partial charge in [-0.25, -0.2) is 0 Å². The fourth-order valence-corrected chi connectivity index (χ4v) is 3.99. The molecule has 0 bridgehead atoms. The van der Waals surface area contributed by atoms with Gasteiger partial charge in [-0.2, -0.15) is 0 Å². The summed E-state index contributed by atoms with van der Waals surface area (Å²) in [4.78, 5) is 38.1. The van der Waals surface area contributed by atoms with E-state index in [9.17, 15) is 14.4 Å². The second kappa shape index (κ2) is 7.32. The SMILES string of the molecule is O=C(CN1C(=O)[C@@H]2CC=CC[C@H]2C1=O)OCc1cc(Cl)cc2c1OCOC2. The molecule has 0 N–H and O–H groups in total. The molecule has 1 saturated heterocycles. The van der Waals surface area contributed by atoms with Crippen LogP contribution in [0.1, 0.15) is 24.0 Å². The number of fused-ring (bicyclic) bond motifs is 2. The van der Waals surface area contributed by atoms with Crippen molar-refractivity contribution in [3.8, 4) is 5.75 Å². The van der Waals surface area contributed by atoms with Crippen LogP contribution in [-0.2, 0) is 37.1 Å². The van der Waals surface area contributed by atoms with E-state index in [2.05, 4.69) is 0 Å². The highest BCUT2D eigenvalue weighted by Gasteiger charge is 2.47. The van der Waals surface area contributed by atoms with E-state index in [1.54, 1.807) is 12.1 Å². The number of esters is 1. The van der Waals surface area contributed by atoms with Crippen molar-refractivity contribution in [3.63, 3.8) is 0 Å². The number of hydrogen-bond acceptors (Lipinski definition) is 6. The minimum atomic E-state index is -0.649. The highest BCUT2D eigenvalue weighted by atomic mass is 35.5. The maximum absolute atomic E-state index is 12.4. The summed E-state index contributed by atoms with van der Waals surface area (Å²) in [6, 6.07) is 3.39. The standard InChI is InChI=1S/C19H18ClNO6/c20-13-5-11-8-25-10-27-17(11)12(6-13)9-26-16(22)7-21-18(23)14-3-1-2-4-15(14)19(21)24/h1-2,5-6,14-15H,3-4,7-10H2/t14-,15-/m1/s1. The van der Waals surface area contributed by atoms with E-state index in [0.717, 1.165) is 10.5 Å². The van der Waals surface area contributed by atoms with E-state index in [0.29, 0.717) is 35.8 Å². The molecular formula is C19H18ClNO6. The molecule has 2 heterocycles. The van der Waals surface area contributed by atoms with Gasteiger partial charge < -0.3 is 14.2 Å². The van der Waals surface area contributed by atoms with Crippen molar-refractivity contribution in [2.24, 2.45) is 11.8 Å². The van der Waals surface area contributed by atoms with Crippen molar-refractivity contribution in [1.82, 2.24) is 4.90 Å². The number of ether oxygens (including phenoxy) is 3. The van der Waals surface area contributed by atoms with Crippen LogP contribution in [0.25, 0.3) is 0 Å². The average Bonchev–Trinajstić information content (AvgIpc) is 2.91. The molecule has 3 aliphatic rings. The van der Waals surface area contributed by atoms with Crippen molar-refractivity contribution in [3.05, 3.63) is 40.4 Å². The van der Waals surface area contributed by atoms with Gasteiger partial charge in [0.05, 0.1) is 18.4 Å². The Hall–Kier alpha value is -2.38. The Labute approximate surface area is 160 Å². The molecule has 0 unspecified atom stereocenters. The summed E-state index contributed by atoms with van der Waals surface area (Å²) in [5, 5.41) is 0.482. The minimum Gasteiger partial charge on any atom is -0.467 e. The molecule has 8 heteroatoms. The fraction of sp³-hybridized carbons (Fsp3) is 0.421. The number of benzene rings is 1. The summed E-state index contributed by atoms with van der Waals surface area (Å²) in [7, 11) is 0. The van der Waals surface area contributed by atoms with Gasteiger partial charge in [0.1, 0.15) is 18.9 Å². The molecule has 0 spiro atoms. The Morgan fingerprint density at radius 3 is 2.59 bits per heavy atom. The lowest BCUT2D eigenvalue weighted by Gasteiger charge is -2.21. The Balaban J connectivity index is 1.40. The average molecular weight is 392 g/mol. The van der Waals surface area contributed by atoms with Crippen molar-refractivity contribution in [2.75, 3.05) is 13.3 Å². The van der Waals surface area contributed by atoms with Gasteiger partial charge in [-0.05, 0) is 25.0 Å². The largest absolute Gasteiger partial charge is 0.467 e. The van der Waals surface area contributed by atoms with Gasteiger partial charge in [0.25, 0.3) is 0 Å². The molecule has 142 valence electrons. The first-order valence-corrected chi connectivity index (χ1v) is 9.10. The third-order valence-electron chi connectivity index (χ3n) is 5.03. The quantitative estimate of drug-likeness (QED) is 0.444. The first-order valence-electron chi connectivity index (χ1n) is 8.72. The summed E-state index contributed by atoms with van der Waals surface area (Å²) in [6.07, 6.45) is 4.88. The predicted octanol–water partition coefficient (Wildman–Crippen LogP) is 2.20. The van der Waals surface area contributed by atoms with Gasteiger partial charge in [-0.3, -0.25) is 19.3 Å². The zero-order valence-corrected chi connectivity index (χ0v) is 15.2. The molecule has 1 aromatic rings. The van der Waals surface area contributed by atoms with Crippen molar-refractivity contribution < 1.29 is 28.6 Å². The van der Waals surface area contributed by atoms with Crippen LogP contribution < -0.4 is 4.74 Å². The van der Waals surface area contributed by atoms with Crippen molar-refractivity contribution in [1.29, 1.82) is 0 Å². The second-order valence-electron chi connectivity index (χ2n) is 6.74. The van der Waals surface area contributed by atoms with E-state index in [1.165, 1.54) is 0 Å². The molecule has 2 atom stereocenters. The Bertz CT molecular complexity index is 810. The lowest BCUT2D eigenvalue weighted by atomic mass is 9.85. The third-order valence-corrected chi connectivity index (χ3v) is 5.24. The van der Waals surface area contributed by atoms with E-state index in [-0.39, 0.29) is 43.6 Å². The molecule has 27 heavy (non-hydrogen) atoms. The molecule has 2 aliphatic heterocycles. The number of carbonyl (C=O) groups excluding carboxylic acids is 3. The van der Waals surface area contributed by atoms with Gasteiger partial charge in [0, 0.05) is 16.1 Å². The molecule has 1 aliphatic carbocycles. The van der Waals surface area contributed by atoms with Crippen LogP contribution in [0.4, 0.5) is 0 Å². The molecule has 0 aromatic heterocycles. The number of allylic oxidation sites excluding steroid dienone is 2. The second-order valence-corrected chi connectivity index (χ2v) is 7.18. The van der Waals surface area contributed by atoms with E-state index in [4.69, 9.17) is 25.8 Å². The van der Waals surface area contributed by atoms with Crippen molar-refractivity contribution in [2.45, 2.75) is 26.1 Å². The fourth-order valence-electron chi connectivity index (χ4n) is 3.72. The summed E-state index contributed by atoms with van der Waals surface area (Å²) in [5.74, 6) is -1.38. The summed E-state index contributed by atoms with van der Waals surface area (Å²) < 4.78 is 16.0. The number of imide groups is 1. The zero-order chi connectivity index (χ0) is 19.0. The van der Waals surface area contributed by atoms with Gasteiger partial charge in [-0.1, -0.05) is 23.8 Å². The highest BCUT2D eigenvalue weighted by molar-refractivity contribution is 6.30. The minimum absolute atomic E-state index is 0.0631. The van der Waals surface area contributed by atoms with Crippen LogP contribution in [0.15, 0.2) is 24.3 Å².